The summed E-state index contributed by atoms with van der Waals surface area (Å²) in [5, 5.41) is 17.1. The SMILES string of the molecule is COCCNC(=NCc1ccc(OC)cc1)NCc1ccc([N+](=O)[O-])cc1. The van der Waals surface area contributed by atoms with E-state index in [4.69, 9.17) is 9.47 Å². The summed E-state index contributed by atoms with van der Waals surface area (Å²) in [7, 11) is 3.27. The van der Waals surface area contributed by atoms with E-state index >= 15 is 0 Å². The predicted molar refractivity (Wildman–Crippen MR) is 104 cm³/mol. The first-order valence-corrected chi connectivity index (χ1v) is 8.49. The number of nitrogens with one attached hydrogen (secondary N) is 2. The summed E-state index contributed by atoms with van der Waals surface area (Å²) in [6.45, 7) is 2.18. The van der Waals surface area contributed by atoms with Gasteiger partial charge in [0, 0.05) is 32.3 Å². The highest BCUT2D eigenvalue weighted by atomic mass is 16.6. The van der Waals surface area contributed by atoms with Gasteiger partial charge in [0.25, 0.3) is 5.69 Å². The average molecular weight is 372 g/mol. The smallest absolute Gasteiger partial charge is 0.269 e. The van der Waals surface area contributed by atoms with Gasteiger partial charge in [0.15, 0.2) is 5.96 Å². The van der Waals surface area contributed by atoms with Crippen molar-refractivity contribution in [2.45, 2.75) is 13.1 Å². The fourth-order valence-electron chi connectivity index (χ4n) is 2.27. The van der Waals surface area contributed by atoms with E-state index in [2.05, 4.69) is 15.6 Å². The quantitative estimate of drug-likeness (QED) is 0.231. The molecule has 0 spiro atoms. The minimum Gasteiger partial charge on any atom is -0.497 e. The molecule has 0 bridgehead atoms. The van der Waals surface area contributed by atoms with Gasteiger partial charge in [-0.2, -0.15) is 0 Å². The summed E-state index contributed by atoms with van der Waals surface area (Å²) in [6.07, 6.45) is 0. The van der Waals surface area contributed by atoms with Crippen LogP contribution in [0.2, 0.25) is 0 Å². The van der Waals surface area contributed by atoms with E-state index < -0.39 is 4.92 Å². The van der Waals surface area contributed by atoms with Gasteiger partial charge in [-0.05, 0) is 23.3 Å². The fraction of sp³-hybridized carbons (Fsp3) is 0.316. The Hall–Kier alpha value is -3.13. The van der Waals surface area contributed by atoms with Crippen molar-refractivity contribution in [3.8, 4) is 5.75 Å². The maximum atomic E-state index is 10.7. The Kier molecular flexibility index (Phi) is 8.05. The van der Waals surface area contributed by atoms with Crippen LogP contribution in [0.25, 0.3) is 0 Å². The number of hydrogen-bond donors (Lipinski definition) is 2. The fourth-order valence-corrected chi connectivity index (χ4v) is 2.27. The van der Waals surface area contributed by atoms with E-state index in [-0.39, 0.29) is 5.69 Å². The monoisotopic (exact) mass is 372 g/mol. The summed E-state index contributed by atoms with van der Waals surface area (Å²) in [5.74, 6) is 1.44. The predicted octanol–water partition coefficient (Wildman–Crippen LogP) is 2.49. The molecule has 0 amide bonds. The van der Waals surface area contributed by atoms with Crippen LogP contribution in [-0.2, 0) is 17.8 Å². The lowest BCUT2D eigenvalue weighted by molar-refractivity contribution is -0.384. The van der Waals surface area contributed by atoms with Crippen molar-refractivity contribution in [2.75, 3.05) is 27.4 Å². The third kappa shape index (κ3) is 6.95. The van der Waals surface area contributed by atoms with E-state index in [1.165, 1.54) is 12.1 Å². The minimum atomic E-state index is -0.411. The molecule has 8 heteroatoms. The molecule has 0 unspecified atom stereocenters. The zero-order chi connectivity index (χ0) is 19.5. The number of benzene rings is 2. The number of aliphatic imine (C=N–C) groups is 1. The first-order valence-electron chi connectivity index (χ1n) is 8.49. The number of nitrogens with zero attached hydrogens (tertiary/aromatic N) is 2. The lowest BCUT2D eigenvalue weighted by Gasteiger charge is -2.12. The molecule has 2 N–H and O–H groups in total. The molecule has 27 heavy (non-hydrogen) atoms. The molecular formula is C19H24N4O4. The van der Waals surface area contributed by atoms with Gasteiger partial charge in [-0.25, -0.2) is 4.99 Å². The van der Waals surface area contributed by atoms with E-state index in [1.807, 2.05) is 24.3 Å². The highest BCUT2D eigenvalue weighted by Gasteiger charge is 2.05. The van der Waals surface area contributed by atoms with Crippen LogP contribution in [-0.4, -0.2) is 38.3 Å². The van der Waals surface area contributed by atoms with Crippen LogP contribution in [0.15, 0.2) is 53.5 Å². The van der Waals surface area contributed by atoms with Gasteiger partial charge in [-0.3, -0.25) is 10.1 Å². The molecule has 0 fully saturated rings. The Labute approximate surface area is 158 Å². The standard InChI is InChI=1S/C19H24N4O4/c1-26-12-11-20-19(22-14-16-5-9-18(27-2)10-6-16)21-13-15-3-7-17(8-4-15)23(24)25/h3-10H,11-14H2,1-2H3,(H2,20,21,22). The van der Waals surface area contributed by atoms with Crippen molar-refractivity contribution >= 4 is 11.6 Å². The second-order valence-corrected chi connectivity index (χ2v) is 5.71. The Bertz CT molecular complexity index is 745. The van der Waals surface area contributed by atoms with Crippen molar-refractivity contribution in [2.24, 2.45) is 4.99 Å². The number of hydrogen-bond acceptors (Lipinski definition) is 5. The summed E-state index contributed by atoms with van der Waals surface area (Å²) in [5.41, 5.74) is 2.05. The molecule has 2 rings (SSSR count). The first kappa shape index (κ1) is 20.2. The van der Waals surface area contributed by atoms with Crippen molar-refractivity contribution < 1.29 is 14.4 Å². The van der Waals surface area contributed by atoms with Crippen molar-refractivity contribution in [3.05, 3.63) is 69.8 Å². The number of nitro benzene ring substituents is 1. The number of guanidine groups is 1. The zero-order valence-electron chi connectivity index (χ0n) is 15.5. The topological polar surface area (TPSA) is 98.0 Å². The molecule has 2 aromatic rings. The van der Waals surface area contributed by atoms with E-state index in [1.54, 1.807) is 26.4 Å². The van der Waals surface area contributed by atoms with E-state index in [0.29, 0.717) is 32.2 Å². The second kappa shape index (κ2) is 10.8. The van der Waals surface area contributed by atoms with Gasteiger partial charge in [0.1, 0.15) is 5.75 Å². The average Bonchev–Trinajstić information content (AvgIpc) is 2.70. The molecule has 0 aliphatic heterocycles. The largest absolute Gasteiger partial charge is 0.497 e. The lowest BCUT2D eigenvalue weighted by atomic mass is 10.2. The van der Waals surface area contributed by atoms with Crippen LogP contribution < -0.4 is 15.4 Å². The van der Waals surface area contributed by atoms with E-state index in [0.717, 1.165) is 16.9 Å². The van der Waals surface area contributed by atoms with Crippen molar-refractivity contribution in [1.29, 1.82) is 0 Å². The Morgan fingerprint density at radius 1 is 1.04 bits per heavy atom. The van der Waals surface area contributed by atoms with Crippen LogP contribution >= 0.6 is 0 Å². The van der Waals surface area contributed by atoms with E-state index in [9.17, 15) is 10.1 Å². The number of ether oxygens (including phenoxy) is 2. The van der Waals surface area contributed by atoms with Crippen LogP contribution in [0.1, 0.15) is 11.1 Å². The molecule has 0 saturated carbocycles. The highest BCUT2D eigenvalue weighted by molar-refractivity contribution is 5.79. The Balaban J connectivity index is 1.97. The third-order valence-electron chi connectivity index (χ3n) is 3.78. The number of methoxy groups -OCH3 is 2. The molecule has 0 aromatic heterocycles. The second-order valence-electron chi connectivity index (χ2n) is 5.71. The van der Waals surface area contributed by atoms with Gasteiger partial charge in [-0.15, -0.1) is 0 Å². The first-order chi connectivity index (χ1) is 13.1. The van der Waals surface area contributed by atoms with Crippen LogP contribution in [0.5, 0.6) is 5.75 Å². The van der Waals surface area contributed by atoms with Gasteiger partial charge >= 0.3 is 0 Å². The molecule has 0 aliphatic carbocycles. The molecule has 144 valence electrons. The Morgan fingerprint density at radius 2 is 1.70 bits per heavy atom. The number of rotatable bonds is 9. The summed E-state index contributed by atoms with van der Waals surface area (Å²) < 4.78 is 10.2. The molecule has 0 heterocycles. The van der Waals surface area contributed by atoms with Crippen LogP contribution in [0.3, 0.4) is 0 Å². The van der Waals surface area contributed by atoms with Crippen molar-refractivity contribution in [1.82, 2.24) is 10.6 Å². The van der Waals surface area contributed by atoms with Gasteiger partial charge in [0.2, 0.25) is 0 Å². The lowest BCUT2D eigenvalue weighted by Crippen LogP contribution is -2.38. The zero-order valence-corrected chi connectivity index (χ0v) is 15.5. The summed E-state index contributed by atoms with van der Waals surface area (Å²) in [4.78, 5) is 14.9. The van der Waals surface area contributed by atoms with Crippen LogP contribution in [0.4, 0.5) is 5.69 Å². The Morgan fingerprint density at radius 3 is 2.30 bits per heavy atom. The van der Waals surface area contributed by atoms with Gasteiger partial charge in [0.05, 0.1) is 25.2 Å². The molecule has 0 radical (unpaired) electrons. The summed E-state index contributed by atoms with van der Waals surface area (Å²) in [6, 6.07) is 14.1. The minimum absolute atomic E-state index is 0.0744. The maximum absolute atomic E-state index is 10.7. The summed E-state index contributed by atoms with van der Waals surface area (Å²) >= 11 is 0. The van der Waals surface area contributed by atoms with Gasteiger partial charge < -0.3 is 20.1 Å². The maximum Gasteiger partial charge on any atom is 0.269 e. The molecule has 0 atom stereocenters. The van der Waals surface area contributed by atoms with Crippen LogP contribution in [0, 0.1) is 10.1 Å². The highest BCUT2D eigenvalue weighted by Crippen LogP contribution is 2.13. The number of non-ortho nitro benzene ring substituents is 1. The molecular weight excluding hydrogens is 348 g/mol. The molecule has 2 aromatic carbocycles. The third-order valence-corrected chi connectivity index (χ3v) is 3.78. The van der Waals surface area contributed by atoms with Crippen molar-refractivity contribution in [3.63, 3.8) is 0 Å². The molecule has 0 saturated heterocycles. The van der Waals surface area contributed by atoms with Gasteiger partial charge in [-0.1, -0.05) is 24.3 Å². The number of nitro groups is 1. The normalized spacial score (nSPS) is 11.1. The molecule has 0 aliphatic rings. The molecule has 8 nitrogen and oxygen atoms in total.